The second-order valence-corrected chi connectivity index (χ2v) is 4.10. The summed E-state index contributed by atoms with van der Waals surface area (Å²) in [6, 6.07) is -0.333. The number of aromatic nitrogens is 1. The van der Waals surface area contributed by atoms with Crippen LogP contribution in [0.1, 0.15) is 17.6 Å². The Bertz CT molecular complexity index is 378. The van der Waals surface area contributed by atoms with E-state index < -0.39 is 11.9 Å². The molecule has 1 aromatic rings. The van der Waals surface area contributed by atoms with Crippen molar-refractivity contribution in [1.82, 2.24) is 15.6 Å². The molecule has 8 heteroatoms. The molecule has 2 amide bonds. The highest BCUT2D eigenvalue weighted by atomic mass is 32.1. The molecule has 1 heterocycles. The first kappa shape index (κ1) is 13.8. The Labute approximate surface area is 100 Å². The average molecular weight is 267 g/mol. The third-order valence-electron chi connectivity index (χ3n) is 1.80. The van der Waals surface area contributed by atoms with Gasteiger partial charge in [-0.3, -0.25) is 0 Å². The van der Waals surface area contributed by atoms with E-state index >= 15 is 0 Å². The standard InChI is InChI=1S/C9H12F3N3OS/c1-2-13-8(16)14-4-3-7-15-6(5-17-7)9(10,11)12/h5H,2-4H2,1H3,(H2,13,14,16). The van der Waals surface area contributed by atoms with Crippen LogP contribution in [0.15, 0.2) is 5.38 Å². The van der Waals surface area contributed by atoms with Gasteiger partial charge in [0.2, 0.25) is 0 Å². The van der Waals surface area contributed by atoms with Gasteiger partial charge >= 0.3 is 12.2 Å². The molecule has 1 rings (SSSR count). The Balaban J connectivity index is 2.38. The lowest BCUT2D eigenvalue weighted by Crippen LogP contribution is -2.36. The predicted octanol–water partition coefficient (Wildman–Crippen LogP) is 2.02. The molecule has 17 heavy (non-hydrogen) atoms. The number of nitrogens with one attached hydrogen (secondary N) is 2. The van der Waals surface area contributed by atoms with Gasteiger partial charge in [-0.1, -0.05) is 0 Å². The van der Waals surface area contributed by atoms with Crippen LogP contribution in [0.3, 0.4) is 0 Å². The number of nitrogens with zero attached hydrogens (tertiary/aromatic N) is 1. The molecule has 0 unspecified atom stereocenters. The van der Waals surface area contributed by atoms with Gasteiger partial charge in [-0.15, -0.1) is 11.3 Å². The van der Waals surface area contributed by atoms with Gasteiger partial charge < -0.3 is 10.6 Å². The molecule has 0 aliphatic carbocycles. The van der Waals surface area contributed by atoms with Gasteiger partial charge in [0.15, 0.2) is 5.69 Å². The number of halogens is 3. The minimum Gasteiger partial charge on any atom is -0.338 e. The molecular weight excluding hydrogens is 255 g/mol. The quantitative estimate of drug-likeness (QED) is 0.877. The molecule has 0 spiro atoms. The summed E-state index contributed by atoms with van der Waals surface area (Å²) in [4.78, 5) is 14.4. The Morgan fingerprint density at radius 2 is 2.18 bits per heavy atom. The molecule has 96 valence electrons. The van der Waals surface area contributed by atoms with Crippen LogP contribution in [0.5, 0.6) is 0 Å². The predicted molar refractivity (Wildman–Crippen MR) is 57.9 cm³/mol. The number of thiazole rings is 1. The Morgan fingerprint density at radius 3 is 2.71 bits per heavy atom. The Morgan fingerprint density at radius 1 is 1.47 bits per heavy atom. The number of urea groups is 1. The minimum atomic E-state index is -4.40. The van der Waals surface area contributed by atoms with E-state index in [9.17, 15) is 18.0 Å². The molecule has 0 fully saturated rings. The zero-order chi connectivity index (χ0) is 12.9. The van der Waals surface area contributed by atoms with Crippen molar-refractivity contribution in [2.75, 3.05) is 13.1 Å². The second-order valence-electron chi connectivity index (χ2n) is 3.16. The molecular formula is C9H12F3N3OS. The number of alkyl halides is 3. The van der Waals surface area contributed by atoms with Crippen molar-refractivity contribution < 1.29 is 18.0 Å². The van der Waals surface area contributed by atoms with Crippen LogP contribution >= 0.6 is 11.3 Å². The van der Waals surface area contributed by atoms with Gasteiger partial charge in [0.1, 0.15) is 0 Å². The molecule has 0 aliphatic rings. The highest BCUT2D eigenvalue weighted by molar-refractivity contribution is 7.09. The van der Waals surface area contributed by atoms with E-state index in [0.29, 0.717) is 11.6 Å². The van der Waals surface area contributed by atoms with E-state index in [1.165, 1.54) is 0 Å². The van der Waals surface area contributed by atoms with Gasteiger partial charge in [0.25, 0.3) is 0 Å². The summed E-state index contributed by atoms with van der Waals surface area (Å²) >= 11 is 0.939. The van der Waals surface area contributed by atoms with Crippen molar-refractivity contribution in [3.8, 4) is 0 Å². The summed E-state index contributed by atoms with van der Waals surface area (Å²) in [6.07, 6.45) is -4.11. The van der Waals surface area contributed by atoms with Crippen LogP contribution in [0.25, 0.3) is 0 Å². The minimum absolute atomic E-state index is 0.261. The summed E-state index contributed by atoms with van der Waals surface area (Å²) in [5, 5.41) is 6.36. The second kappa shape index (κ2) is 5.85. The average Bonchev–Trinajstić information content (AvgIpc) is 2.66. The maximum Gasteiger partial charge on any atom is 0.434 e. The van der Waals surface area contributed by atoms with Gasteiger partial charge in [-0.25, -0.2) is 9.78 Å². The van der Waals surface area contributed by atoms with Crippen molar-refractivity contribution >= 4 is 17.4 Å². The van der Waals surface area contributed by atoms with Gasteiger partial charge in [-0.2, -0.15) is 13.2 Å². The molecule has 0 aliphatic heterocycles. The van der Waals surface area contributed by atoms with E-state index in [2.05, 4.69) is 15.6 Å². The largest absolute Gasteiger partial charge is 0.434 e. The van der Waals surface area contributed by atoms with Crippen LogP contribution in [0.2, 0.25) is 0 Å². The summed E-state index contributed by atoms with van der Waals surface area (Å²) in [5.74, 6) is 0. The lowest BCUT2D eigenvalue weighted by Gasteiger charge is -2.04. The molecule has 0 saturated carbocycles. The molecule has 0 aromatic carbocycles. The van der Waals surface area contributed by atoms with Crippen molar-refractivity contribution in [3.63, 3.8) is 0 Å². The third-order valence-corrected chi connectivity index (χ3v) is 2.71. The molecule has 0 atom stereocenters. The third kappa shape index (κ3) is 4.59. The van der Waals surface area contributed by atoms with E-state index in [0.717, 1.165) is 16.7 Å². The molecule has 0 bridgehead atoms. The zero-order valence-electron chi connectivity index (χ0n) is 9.10. The van der Waals surface area contributed by atoms with E-state index in [1.54, 1.807) is 6.92 Å². The first-order valence-corrected chi connectivity index (χ1v) is 5.84. The van der Waals surface area contributed by atoms with Crippen molar-refractivity contribution in [1.29, 1.82) is 0 Å². The highest BCUT2D eigenvalue weighted by Gasteiger charge is 2.33. The number of rotatable bonds is 4. The first-order valence-electron chi connectivity index (χ1n) is 4.96. The maximum atomic E-state index is 12.2. The van der Waals surface area contributed by atoms with Crippen LogP contribution in [-0.4, -0.2) is 24.1 Å². The number of carbonyl (C=O) groups excluding carboxylic acids is 1. The lowest BCUT2D eigenvalue weighted by atomic mass is 10.4. The van der Waals surface area contributed by atoms with E-state index in [1.807, 2.05) is 0 Å². The molecule has 0 radical (unpaired) electrons. The first-order chi connectivity index (χ1) is 7.93. The van der Waals surface area contributed by atoms with Gasteiger partial charge in [0.05, 0.1) is 5.01 Å². The van der Waals surface area contributed by atoms with Crippen molar-refractivity contribution in [3.05, 3.63) is 16.1 Å². The summed E-state index contributed by atoms with van der Waals surface area (Å²) < 4.78 is 36.6. The number of carbonyl (C=O) groups is 1. The Hall–Kier alpha value is -1.31. The van der Waals surface area contributed by atoms with Crippen LogP contribution < -0.4 is 10.6 Å². The fourth-order valence-electron chi connectivity index (χ4n) is 1.06. The van der Waals surface area contributed by atoms with Gasteiger partial charge in [0, 0.05) is 24.9 Å². The number of hydrogen-bond acceptors (Lipinski definition) is 3. The van der Waals surface area contributed by atoms with Crippen LogP contribution in [0.4, 0.5) is 18.0 Å². The fourth-order valence-corrected chi connectivity index (χ4v) is 1.87. The summed E-state index contributed by atoms with van der Waals surface area (Å²) in [6.45, 7) is 2.54. The lowest BCUT2D eigenvalue weighted by molar-refractivity contribution is -0.140. The van der Waals surface area contributed by atoms with Crippen LogP contribution in [0, 0.1) is 0 Å². The summed E-state index contributed by atoms with van der Waals surface area (Å²) in [7, 11) is 0. The number of amides is 2. The van der Waals surface area contributed by atoms with E-state index in [4.69, 9.17) is 0 Å². The topological polar surface area (TPSA) is 54.0 Å². The fraction of sp³-hybridized carbons (Fsp3) is 0.556. The maximum absolute atomic E-state index is 12.2. The van der Waals surface area contributed by atoms with Gasteiger partial charge in [-0.05, 0) is 6.92 Å². The van der Waals surface area contributed by atoms with E-state index in [-0.39, 0.29) is 19.0 Å². The molecule has 1 aromatic heterocycles. The number of hydrogen-bond donors (Lipinski definition) is 2. The smallest absolute Gasteiger partial charge is 0.338 e. The highest BCUT2D eigenvalue weighted by Crippen LogP contribution is 2.29. The molecule has 0 saturated heterocycles. The molecule has 2 N–H and O–H groups in total. The Kier molecular flexibility index (Phi) is 4.73. The zero-order valence-corrected chi connectivity index (χ0v) is 9.91. The monoisotopic (exact) mass is 267 g/mol. The SMILES string of the molecule is CCNC(=O)NCCc1nc(C(F)(F)F)cs1. The normalized spacial score (nSPS) is 11.3. The summed E-state index contributed by atoms with van der Waals surface area (Å²) in [5.41, 5.74) is -0.879. The van der Waals surface area contributed by atoms with Crippen molar-refractivity contribution in [2.24, 2.45) is 0 Å². The molecule has 4 nitrogen and oxygen atoms in total. The van der Waals surface area contributed by atoms with Crippen molar-refractivity contribution in [2.45, 2.75) is 19.5 Å². The van der Waals surface area contributed by atoms with Crippen LogP contribution in [-0.2, 0) is 12.6 Å².